The van der Waals surface area contributed by atoms with Gasteiger partial charge in [0.15, 0.2) is 5.16 Å². The van der Waals surface area contributed by atoms with Crippen LogP contribution >= 0.6 is 23.1 Å². The van der Waals surface area contributed by atoms with E-state index in [1.807, 2.05) is 0 Å². The van der Waals surface area contributed by atoms with Gasteiger partial charge in [0.05, 0.1) is 24.1 Å². The van der Waals surface area contributed by atoms with Crippen LogP contribution < -0.4 is 21.3 Å². The summed E-state index contributed by atoms with van der Waals surface area (Å²) in [6.07, 6.45) is 6.33. The maximum absolute atomic E-state index is 12.8. The Morgan fingerprint density at radius 3 is 2.82 bits per heavy atom. The number of ether oxygens (including phenoxy) is 1. The van der Waals surface area contributed by atoms with Gasteiger partial charge < -0.3 is 15.8 Å². The summed E-state index contributed by atoms with van der Waals surface area (Å²) in [5.41, 5.74) is 7.62. The highest BCUT2D eigenvalue weighted by atomic mass is 32.2. The van der Waals surface area contributed by atoms with Gasteiger partial charge >= 0.3 is 0 Å². The van der Waals surface area contributed by atoms with Gasteiger partial charge in [-0.1, -0.05) is 36.7 Å². The number of nitrogens with two attached hydrogens (primary N) is 1. The Morgan fingerprint density at radius 1 is 1.29 bits per heavy atom. The second-order valence-corrected chi connectivity index (χ2v) is 9.93. The molecule has 1 aromatic carbocycles. The molecule has 0 saturated carbocycles. The Hall–Kier alpha value is -3.29. The lowest BCUT2D eigenvalue weighted by atomic mass is 9.97. The number of nitrogen functional groups attached to an aromatic ring is 1. The normalized spacial score (nSPS) is 13.3. The maximum Gasteiger partial charge on any atom is 0.260 e. The minimum Gasteiger partial charge on any atom is -0.495 e. The van der Waals surface area contributed by atoms with Crippen molar-refractivity contribution in [1.82, 2.24) is 9.55 Å². The zero-order chi connectivity index (χ0) is 24.1. The van der Waals surface area contributed by atoms with Crippen molar-refractivity contribution in [2.45, 2.75) is 43.7 Å². The van der Waals surface area contributed by atoms with Crippen molar-refractivity contribution < 1.29 is 9.53 Å². The minimum absolute atomic E-state index is 0.00151. The number of carbonyl (C=O) groups is 1. The third-order valence-electron chi connectivity index (χ3n) is 5.60. The number of fused-ring (bicyclic) bond motifs is 1. The molecule has 0 radical (unpaired) electrons. The molecular formula is C24H25N5O3S2. The summed E-state index contributed by atoms with van der Waals surface area (Å²) in [5.74, 6) is 0.290. The molecule has 4 rings (SSSR count). The van der Waals surface area contributed by atoms with Crippen LogP contribution in [0.2, 0.25) is 0 Å². The number of nitrogens with zero attached hydrogens (tertiary/aromatic N) is 3. The van der Waals surface area contributed by atoms with Gasteiger partial charge in [-0.25, -0.2) is 4.98 Å². The summed E-state index contributed by atoms with van der Waals surface area (Å²) in [5, 5.41) is 13.5. The first-order valence-corrected chi connectivity index (χ1v) is 12.8. The zero-order valence-corrected chi connectivity index (χ0v) is 20.4. The number of benzene rings is 1. The number of amides is 1. The molecule has 0 fully saturated rings. The summed E-state index contributed by atoms with van der Waals surface area (Å²) in [4.78, 5) is 31.1. The van der Waals surface area contributed by atoms with Gasteiger partial charge in [0.25, 0.3) is 5.56 Å². The molecule has 3 aromatic rings. The number of methoxy groups -OCH3 is 1. The lowest BCUT2D eigenvalue weighted by Gasteiger charge is -2.14. The third-order valence-corrected chi connectivity index (χ3v) is 7.75. The number of aryl methyl sites for hydroxylation is 1. The highest BCUT2D eigenvalue weighted by Crippen LogP contribution is 2.36. The Bertz CT molecular complexity index is 1310. The van der Waals surface area contributed by atoms with Crippen molar-refractivity contribution in [3.63, 3.8) is 0 Å². The molecule has 1 amide bonds. The van der Waals surface area contributed by atoms with Crippen LogP contribution in [0.5, 0.6) is 5.75 Å². The number of nitriles is 1. The molecule has 176 valence electrons. The Balaban J connectivity index is 1.56. The fourth-order valence-corrected chi connectivity index (χ4v) is 6.11. The largest absolute Gasteiger partial charge is 0.495 e. The maximum atomic E-state index is 12.8. The van der Waals surface area contributed by atoms with E-state index in [0.29, 0.717) is 22.0 Å². The zero-order valence-electron chi connectivity index (χ0n) is 18.8. The fraction of sp³-hybridized carbons (Fsp3) is 0.333. The van der Waals surface area contributed by atoms with Crippen molar-refractivity contribution >= 4 is 39.8 Å². The second-order valence-electron chi connectivity index (χ2n) is 7.88. The molecule has 1 aliphatic rings. The lowest BCUT2D eigenvalue weighted by Crippen LogP contribution is -2.23. The van der Waals surface area contributed by atoms with Crippen molar-refractivity contribution in [1.29, 1.82) is 5.26 Å². The number of thioether (sulfide) groups is 1. The van der Waals surface area contributed by atoms with Gasteiger partial charge in [-0.3, -0.25) is 14.2 Å². The summed E-state index contributed by atoms with van der Waals surface area (Å²) in [6, 6.07) is 10.6. The number of aromatic nitrogens is 2. The quantitative estimate of drug-likeness (QED) is 0.389. The van der Waals surface area contributed by atoms with E-state index < -0.39 is 0 Å². The SMILES string of the molecule is COc1ccccc1-n1c(SCC(=O)Nc2sc3c(c2C#N)CCCCCC3)nc(N)cc1=O. The van der Waals surface area contributed by atoms with E-state index in [1.54, 1.807) is 24.3 Å². The van der Waals surface area contributed by atoms with E-state index in [9.17, 15) is 14.9 Å². The van der Waals surface area contributed by atoms with Crippen LogP contribution in [0.4, 0.5) is 10.8 Å². The highest BCUT2D eigenvalue weighted by molar-refractivity contribution is 7.99. The first-order valence-electron chi connectivity index (χ1n) is 11.0. The van der Waals surface area contributed by atoms with Crippen molar-refractivity contribution in [3.05, 3.63) is 56.7 Å². The van der Waals surface area contributed by atoms with Crippen LogP contribution in [0, 0.1) is 11.3 Å². The number of thiophene rings is 1. The molecule has 0 saturated heterocycles. The molecule has 2 aromatic heterocycles. The number of nitrogens with one attached hydrogen (secondary N) is 1. The number of para-hydroxylation sites is 2. The molecule has 0 unspecified atom stereocenters. The molecule has 0 aliphatic heterocycles. The van der Waals surface area contributed by atoms with Crippen LogP contribution in [-0.2, 0) is 17.6 Å². The predicted octanol–water partition coefficient (Wildman–Crippen LogP) is 4.15. The number of anilines is 2. The molecule has 1 aliphatic carbocycles. The summed E-state index contributed by atoms with van der Waals surface area (Å²) in [6.45, 7) is 0. The number of hydrogen-bond donors (Lipinski definition) is 2. The Morgan fingerprint density at radius 2 is 2.06 bits per heavy atom. The van der Waals surface area contributed by atoms with E-state index in [4.69, 9.17) is 10.5 Å². The highest BCUT2D eigenvalue weighted by Gasteiger charge is 2.21. The number of rotatable bonds is 6. The van der Waals surface area contributed by atoms with E-state index in [2.05, 4.69) is 16.4 Å². The van der Waals surface area contributed by atoms with Crippen LogP contribution in [-0.4, -0.2) is 28.3 Å². The molecular weight excluding hydrogens is 470 g/mol. The number of carbonyl (C=O) groups excluding carboxylic acids is 1. The minimum atomic E-state index is -0.371. The summed E-state index contributed by atoms with van der Waals surface area (Å²) >= 11 is 2.60. The predicted molar refractivity (Wildman–Crippen MR) is 135 cm³/mol. The molecule has 10 heteroatoms. The van der Waals surface area contributed by atoms with Gasteiger partial charge in [0.1, 0.15) is 22.6 Å². The van der Waals surface area contributed by atoms with Crippen LogP contribution in [0.3, 0.4) is 0 Å². The average molecular weight is 496 g/mol. The first kappa shape index (κ1) is 23.9. The topological polar surface area (TPSA) is 123 Å². The third kappa shape index (κ3) is 5.11. The van der Waals surface area contributed by atoms with Crippen molar-refractivity contribution in [2.24, 2.45) is 0 Å². The molecule has 3 N–H and O–H groups in total. The van der Waals surface area contributed by atoms with Gasteiger partial charge in [0, 0.05) is 10.9 Å². The van der Waals surface area contributed by atoms with Crippen molar-refractivity contribution in [2.75, 3.05) is 23.9 Å². The first-order chi connectivity index (χ1) is 16.5. The van der Waals surface area contributed by atoms with E-state index >= 15 is 0 Å². The van der Waals surface area contributed by atoms with Crippen molar-refractivity contribution in [3.8, 4) is 17.5 Å². The van der Waals surface area contributed by atoms with E-state index in [-0.39, 0.29) is 28.2 Å². The smallest absolute Gasteiger partial charge is 0.260 e. The van der Waals surface area contributed by atoms with Gasteiger partial charge in [-0.2, -0.15) is 5.26 Å². The molecule has 0 bridgehead atoms. The standard InChI is InChI=1S/C24H25N5O3S2/c1-32-18-10-7-6-9-17(18)29-22(31)12-20(26)27-24(29)33-14-21(30)28-23-16(13-25)15-8-4-2-3-5-11-19(15)34-23/h6-7,9-10,12H,2-5,8,11,14,26H2,1H3,(H,28,30). The van der Waals surface area contributed by atoms with Crippen LogP contribution in [0.1, 0.15) is 41.7 Å². The van der Waals surface area contributed by atoms with Gasteiger partial charge in [-0.05, 0) is 43.4 Å². The summed E-state index contributed by atoms with van der Waals surface area (Å²) < 4.78 is 6.77. The fourth-order valence-electron chi connectivity index (χ4n) is 4.03. The average Bonchev–Trinajstić information content (AvgIpc) is 3.12. The second kappa shape index (κ2) is 10.8. The molecule has 8 nitrogen and oxygen atoms in total. The molecule has 34 heavy (non-hydrogen) atoms. The van der Waals surface area contributed by atoms with Crippen LogP contribution in [0.25, 0.3) is 5.69 Å². The van der Waals surface area contributed by atoms with Gasteiger partial charge in [0.2, 0.25) is 5.91 Å². The van der Waals surface area contributed by atoms with Crippen LogP contribution in [0.15, 0.2) is 40.3 Å². The molecule has 0 spiro atoms. The van der Waals surface area contributed by atoms with E-state index in [0.717, 1.165) is 43.0 Å². The Labute approximate surface area is 205 Å². The summed E-state index contributed by atoms with van der Waals surface area (Å²) in [7, 11) is 1.52. The Kier molecular flexibility index (Phi) is 7.55. The molecule has 2 heterocycles. The van der Waals surface area contributed by atoms with E-state index in [1.165, 1.54) is 46.8 Å². The number of hydrogen-bond acceptors (Lipinski definition) is 8. The van der Waals surface area contributed by atoms with Gasteiger partial charge in [-0.15, -0.1) is 11.3 Å². The molecule has 0 atom stereocenters. The lowest BCUT2D eigenvalue weighted by molar-refractivity contribution is -0.113. The monoisotopic (exact) mass is 495 g/mol.